The third kappa shape index (κ3) is 4.49. The average molecular weight is 397 g/mol. The number of hydrogen-bond donors (Lipinski definition) is 1. The molecule has 1 atom stereocenters. The van der Waals surface area contributed by atoms with Crippen molar-refractivity contribution in [2.24, 2.45) is 0 Å². The number of likely N-dealkylation sites (N-methyl/N-ethyl adjacent to an activating group) is 1. The van der Waals surface area contributed by atoms with E-state index >= 15 is 0 Å². The SMILES string of the molecule is CCNC(=O)[C@@H](C)OC(=O)/C(=C/c1cccs1)n1nnnc1-c1ccccc1. The summed E-state index contributed by atoms with van der Waals surface area (Å²) in [4.78, 5) is 25.7. The molecule has 0 aliphatic carbocycles. The molecule has 8 nitrogen and oxygen atoms in total. The van der Waals surface area contributed by atoms with Crippen molar-refractivity contribution >= 4 is 35.0 Å². The number of rotatable bonds is 7. The first-order valence-electron chi connectivity index (χ1n) is 8.68. The minimum Gasteiger partial charge on any atom is -0.448 e. The number of esters is 1. The summed E-state index contributed by atoms with van der Waals surface area (Å²) in [7, 11) is 0. The number of benzene rings is 1. The number of tetrazole rings is 1. The third-order valence-electron chi connectivity index (χ3n) is 3.77. The average Bonchev–Trinajstić information content (AvgIpc) is 3.38. The van der Waals surface area contributed by atoms with Crippen LogP contribution in [0.15, 0.2) is 47.8 Å². The quantitative estimate of drug-likeness (QED) is 0.486. The summed E-state index contributed by atoms with van der Waals surface area (Å²) < 4.78 is 6.68. The highest BCUT2D eigenvalue weighted by atomic mass is 32.1. The lowest BCUT2D eigenvalue weighted by Crippen LogP contribution is -2.36. The van der Waals surface area contributed by atoms with Crippen LogP contribution in [0, 0.1) is 0 Å². The van der Waals surface area contributed by atoms with E-state index in [-0.39, 0.29) is 11.6 Å². The summed E-state index contributed by atoms with van der Waals surface area (Å²) in [6.45, 7) is 3.76. The van der Waals surface area contributed by atoms with Crippen molar-refractivity contribution in [1.29, 1.82) is 0 Å². The van der Waals surface area contributed by atoms with Gasteiger partial charge in [-0.3, -0.25) is 4.79 Å². The zero-order valence-corrected chi connectivity index (χ0v) is 16.2. The Morgan fingerprint density at radius 2 is 2.04 bits per heavy atom. The van der Waals surface area contributed by atoms with Gasteiger partial charge in [-0.25, -0.2) is 4.79 Å². The summed E-state index contributed by atoms with van der Waals surface area (Å²) in [6, 6.07) is 13.0. The molecule has 0 saturated heterocycles. The first-order valence-corrected chi connectivity index (χ1v) is 9.56. The van der Waals surface area contributed by atoms with Crippen LogP contribution in [0.4, 0.5) is 0 Å². The summed E-state index contributed by atoms with van der Waals surface area (Å²) in [6.07, 6.45) is 0.691. The molecule has 1 aromatic carbocycles. The zero-order chi connectivity index (χ0) is 19.9. The zero-order valence-electron chi connectivity index (χ0n) is 15.4. The first-order chi connectivity index (χ1) is 13.6. The maximum Gasteiger partial charge on any atom is 0.357 e. The van der Waals surface area contributed by atoms with E-state index in [9.17, 15) is 9.59 Å². The van der Waals surface area contributed by atoms with Crippen molar-refractivity contribution in [3.05, 3.63) is 52.7 Å². The molecule has 0 aliphatic heterocycles. The Labute approximate surface area is 165 Å². The second kappa shape index (κ2) is 9.05. The van der Waals surface area contributed by atoms with Crippen LogP contribution in [-0.4, -0.2) is 44.7 Å². The normalized spacial score (nSPS) is 12.4. The predicted octanol–water partition coefficient (Wildman–Crippen LogP) is 2.47. The fourth-order valence-electron chi connectivity index (χ4n) is 2.42. The van der Waals surface area contributed by atoms with Crippen molar-refractivity contribution in [3.63, 3.8) is 0 Å². The second-order valence-electron chi connectivity index (χ2n) is 5.77. The number of nitrogens with zero attached hydrogens (tertiary/aromatic N) is 4. The van der Waals surface area contributed by atoms with Gasteiger partial charge in [-0.1, -0.05) is 36.4 Å². The molecule has 0 bridgehead atoms. The highest BCUT2D eigenvalue weighted by Gasteiger charge is 2.24. The van der Waals surface area contributed by atoms with Crippen LogP contribution in [0.2, 0.25) is 0 Å². The topological polar surface area (TPSA) is 99.0 Å². The molecule has 2 heterocycles. The van der Waals surface area contributed by atoms with Gasteiger partial charge >= 0.3 is 5.97 Å². The molecule has 3 rings (SSSR count). The molecule has 144 valence electrons. The number of hydrogen-bond acceptors (Lipinski definition) is 7. The molecular weight excluding hydrogens is 378 g/mol. The molecule has 2 aromatic heterocycles. The fourth-order valence-corrected chi connectivity index (χ4v) is 3.07. The Morgan fingerprint density at radius 1 is 1.25 bits per heavy atom. The molecule has 3 aromatic rings. The Balaban J connectivity index is 1.97. The second-order valence-corrected chi connectivity index (χ2v) is 6.75. The Morgan fingerprint density at radius 3 is 2.71 bits per heavy atom. The van der Waals surface area contributed by atoms with Crippen molar-refractivity contribution in [2.75, 3.05) is 6.54 Å². The van der Waals surface area contributed by atoms with E-state index in [1.807, 2.05) is 47.8 Å². The monoisotopic (exact) mass is 397 g/mol. The highest BCUT2D eigenvalue weighted by Crippen LogP contribution is 2.23. The summed E-state index contributed by atoms with van der Waals surface area (Å²) >= 11 is 1.46. The third-order valence-corrected chi connectivity index (χ3v) is 4.58. The van der Waals surface area contributed by atoms with Crippen molar-refractivity contribution in [3.8, 4) is 11.4 Å². The number of amides is 1. The molecule has 0 aliphatic rings. The van der Waals surface area contributed by atoms with E-state index in [1.54, 1.807) is 13.0 Å². The number of carbonyl (C=O) groups excluding carboxylic acids is 2. The smallest absolute Gasteiger partial charge is 0.357 e. The van der Waals surface area contributed by atoms with Crippen molar-refractivity contribution in [1.82, 2.24) is 25.5 Å². The van der Waals surface area contributed by atoms with Crippen LogP contribution in [0.5, 0.6) is 0 Å². The summed E-state index contributed by atoms with van der Waals surface area (Å²) in [5.41, 5.74) is 0.858. The fraction of sp³-hybridized carbons (Fsp3) is 0.211. The van der Waals surface area contributed by atoms with Crippen LogP contribution in [0.25, 0.3) is 23.2 Å². The molecule has 28 heavy (non-hydrogen) atoms. The van der Waals surface area contributed by atoms with Crippen LogP contribution < -0.4 is 5.32 Å². The molecule has 0 fully saturated rings. The van der Waals surface area contributed by atoms with Crippen LogP contribution in [-0.2, 0) is 14.3 Å². The molecular formula is C19H19N5O3S. The van der Waals surface area contributed by atoms with Crippen molar-refractivity contribution < 1.29 is 14.3 Å². The first kappa shape index (κ1) is 19.4. The van der Waals surface area contributed by atoms with Gasteiger partial charge in [0.25, 0.3) is 5.91 Å². The molecule has 0 saturated carbocycles. The van der Waals surface area contributed by atoms with E-state index in [4.69, 9.17) is 4.74 Å². The van der Waals surface area contributed by atoms with Gasteiger partial charge in [0.05, 0.1) is 0 Å². The van der Waals surface area contributed by atoms with Crippen LogP contribution in [0.3, 0.4) is 0 Å². The lowest BCUT2D eigenvalue weighted by atomic mass is 10.2. The van der Waals surface area contributed by atoms with E-state index in [1.165, 1.54) is 22.9 Å². The number of ether oxygens (including phenoxy) is 1. The standard InChI is InChI=1S/C19H19N5O3S/c1-3-20-18(25)13(2)27-19(26)16(12-15-10-7-11-28-15)24-17(21-22-23-24)14-8-5-4-6-9-14/h4-13H,3H2,1-2H3,(H,20,25)/b16-12-/t13-/m1/s1. The summed E-state index contributed by atoms with van der Waals surface area (Å²) in [5.74, 6) is -0.672. The van der Waals surface area contributed by atoms with Gasteiger partial charge in [0.15, 0.2) is 17.6 Å². The van der Waals surface area contributed by atoms with Gasteiger partial charge < -0.3 is 10.1 Å². The van der Waals surface area contributed by atoms with Crippen LogP contribution in [0.1, 0.15) is 18.7 Å². The lowest BCUT2D eigenvalue weighted by molar-refractivity contribution is -0.149. The van der Waals surface area contributed by atoms with Crippen molar-refractivity contribution in [2.45, 2.75) is 20.0 Å². The van der Waals surface area contributed by atoms with Crippen LogP contribution >= 0.6 is 11.3 Å². The minimum absolute atomic E-state index is 0.113. The van der Waals surface area contributed by atoms with E-state index in [0.29, 0.717) is 12.4 Å². The molecule has 0 unspecified atom stereocenters. The summed E-state index contributed by atoms with van der Waals surface area (Å²) in [5, 5.41) is 16.2. The Kier molecular flexibility index (Phi) is 6.28. The largest absolute Gasteiger partial charge is 0.448 e. The number of aromatic nitrogens is 4. The molecule has 1 amide bonds. The van der Waals surface area contributed by atoms with Gasteiger partial charge in [-0.05, 0) is 41.8 Å². The van der Waals surface area contributed by atoms with Gasteiger partial charge in [0.1, 0.15) is 0 Å². The number of thiophene rings is 1. The van der Waals surface area contributed by atoms with Gasteiger partial charge in [0, 0.05) is 17.0 Å². The van der Waals surface area contributed by atoms with E-state index in [2.05, 4.69) is 20.8 Å². The maximum atomic E-state index is 12.9. The number of carbonyl (C=O) groups is 2. The van der Waals surface area contributed by atoms with Gasteiger partial charge in [0.2, 0.25) is 0 Å². The molecule has 0 spiro atoms. The minimum atomic E-state index is -0.948. The van der Waals surface area contributed by atoms with Gasteiger partial charge in [-0.2, -0.15) is 4.68 Å². The van der Waals surface area contributed by atoms with E-state index in [0.717, 1.165) is 10.4 Å². The molecule has 9 heteroatoms. The Bertz CT molecular complexity index is 967. The number of nitrogens with one attached hydrogen (secondary N) is 1. The highest BCUT2D eigenvalue weighted by molar-refractivity contribution is 7.10. The predicted molar refractivity (Wildman–Crippen MR) is 106 cm³/mol. The van der Waals surface area contributed by atoms with E-state index < -0.39 is 12.1 Å². The molecule has 0 radical (unpaired) electrons. The lowest BCUT2D eigenvalue weighted by Gasteiger charge is -2.14. The van der Waals surface area contributed by atoms with Gasteiger partial charge in [-0.15, -0.1) is 16.4 Å². The molecule has 1 N–H and O–H groups in total. The maximum absolute atomic E-state index is 12.9. The Hall–Kier alpha value is -3.33.